The molecule has 0 heterocycles. The van der Waals surface area contributed by atoms with Crippen molar-refractivity contribution in [1.82, 2.24) is 0 Å². The molecule has 2 N–H and O–H groups in total. The van der Waals surface area contributed by atoms with Crippen LogP contribution >= 0.6 is 0 Å². The van der Waals surface area contributed by atoms with Crippen molar-refractivity contribution < 1.29 is 48.4 Å². The van der Waals surface area contributed by atoms with Crippen LogP contribution in [0.5, 0.6) is 0 Å². The Hall–Kier alpha value is -1.91. The van der Waals surface area contributed by atoms with Crippen molar-refractivity contribution in [3.05, 3.63) is 12.2 Å². The van der Waals surface area contributed by atoms with Crippen LogP contribution in [0.4, 0.5) is 0 Å². The van der Waals surface area contributed by atoms with Gasteiger partial charge in [0.25, 0.3) is 0 Å². The average Bonchev–Trinajstić information content (AvgIpc) is 3.35. The minimum absolute atomic E-state index is 0. The van der Waals surface area contributed by atoms with Crippen molar-refractivity contribution in [2.24, 2.45) is 0 Å². The van der Waals surface area contributed by atoms with Gasteiger partial charge in [-0.2, -0.15) is 0 Å². The summed E-state index contributed by atoms with van der Waals surface area (Å²) in [4.78, 5) is 57.2. The molecule has 0 saturated heterocycles. The van der Waals surface area contributed by atoms with Gasteiger partial charge in [-0.05, 0) is 19.3 Å². The molecule has 11 heteroatoms. The number of aliphatic carboxylic acids is 2. The van der Waals surface area contributed by atoms with Gasteiger partial charge in [0.2, 0.25) is 0 Å². The summed E-state index contributed by atoms with van der Waals surface area (Å²) in [7, 11) is 0. The van der Waals surface area contributed by atoms with E-state index in [1.54, 1.807) is 0 Å². The molecule has 0 unspecified atom stereocenters. The molecule has 0 aromatic heterocycles. The maximum absolute atomic E-state index is 12.8. The molecule has 0 atom stereocenters. The molecular formula is C61H114NaO10. The maximum atomic E-state index is 12.8. The predicted octanol–water partition coefficient (Wildman–Crippen LogP) is 18.1. The van der Waals surface area contributed by atoms with Crippen molar-refractivity contribution >= 4 is 59.4 Å². The molecule has 0 aliphatic rings. The summed E-state index contributed by atoms with van der Waals surface area (Å²) in [6.07, 6.45) is 59.1. The molecule has 0 fully saturated rings. The summed E-state index contributed by atoms with van der Waals surface area (Å²) in [6, 6.07) is 0. The Morgan fingerprint density at radius 1 is 0.306 bits per heavy atom. The third-order valence-corrected chi connectivity index (χ3v) is 13.5. The minimum Gasteiger partial charge on any atom is -0.478 e. The van der Waals surface area contributed by atoms with Gasteiger partial charge >= 0.3 is 29.8 Å². The van der Waals surface area contributed by atoms with Crippen LogP contribution in [0.2, 0.25) is 0 Å². The molecule has 0 saturated carbocycles. The van der Waals surface area contributed by atoms with E-state index in [0.29, 0.717) is 31.4 Å². The van der Waals surface area contributed by atoms with Crippen LogP contribution in [0.15, 0.2) is 12.2 Å². The summed E-state index contributed by atoms with van der Waals surface area (Å²) >= 11 is 0. The third-order valence-electron chi connectivity index (χ3n) is 13.5. The maximum Gasteiger partial charge on any atom is 0.328 e. The molecule has 0 bridgehead atoms. The van der Waals surface area contributed by atoms with Crippen LogP contribution in [0.3, 0.4) is 0 Å². The van der Waals surface area contributed by atoms with Crippen molar-refractivity contribution in [3.63, 3.8) is 0 Å². The number of unbranched alkanes of at least 4 members (excludes halogenated alkanes) is 42. The molecule has 0 rings (SSSR count). The number of hydrogen-bond acceptors (Lipinski definition) is 8. The fourth-order valence-corrected chi connectivity index (χ4v) is 8.94. The van der Waals surface area contributed by atoms with Crippen LogP contribution < -0.4 is 0 Å². The molecule has 0 aromatic rings. The number of rotatable bonds is 55. The van der Waals surface area contributed by atoms with Gasteiger partial charge in [0, 0.05) is 61.0 Å². The van der Waals surface area contributed by atoms with Gasteiger partial charge in [0.1, 0.15) is 13.2 Å². The van der Waals surface area contributed by atoms with Crippen LogP contribution in [-0.4, -0.2) is 88.9 Å². The molecular weight excluding hydrogens is 916 g/mol. The van der Waals surface area contributed by atoms with E-state index >= 15 is 0 Å². The zero-order valence-corrected chi connectivity index (χ0v) is 49.7. The Morgan fingerprint density at radius 2 is 0.486 bits per heavy atom. The molecule has 0 aromatic carbocycles. The SMILES string of the molecule is CCCCCCCCCCCCCCCCCC(=O)OCC(COC(=O)CCCCCCCCCCCCCCCCC)OC(=O)CCCCCCCCCCCCCCCCC.O=C(O)/C=C/C(=O)O.[Na]. The first-order chi connectivity index (χ1) is 34.7. The zero-order valence-electron chi connectivity index (χ0n) is 47.7. The first-order valence-corrected chi connectivity index (χ1v) is 30.3. The Labute approximate surface area is 465 Å². The number of carbonyl (C=O) groups excluding carboxylic acids is 3. The number of carbonyl (C=O) groups is 5. The summed E-state index contributed by atoms with van der Waals surface area (Å²) in [5, 5.41) is 15.6. The van der Waals surface area contributed by atoms with Gasteiger partial charge in [-0.3, -0.25) is 14.4 Å². The quantitative estimate of drug-likeness (QED) is 0.0198. The number of carboxylic acids is 2. The van der Waals surface area contributed by atoms with Gasteiger partial charge in [-0.1, -0.05) is 290 Å². The van der Waals surface area contributed by atoms with Gasteiger partial charge < -0.3 is 24.4 Å². The molecule has 0 spiro atoms. The van der Waals surface area contributed by atoms with Crippen molar-refractivity contribution in [2.75, 3.05) is 13.2 Å². The topological polar surface area (TPSA) is 154 Å². The van der Waals surface area contributed by atoms with Crippen LogP contribution in [-0.2, 0) is 38.2 Å². The van der Waals surface area contributed by atoms with Gasteiger partial charge in [0.15, 0.2) is 6.10 Å². The zero-order chi connectivity index (χ0) is 52.4. The van der Waals surface area contributed by atoms with E-state index in [0.717, 1.165) is 57.8 Å². The molecule has 10 nitrogen and oxygen atoms in total. The summed E-state index contributed by atoms with van der Waals surface area (Å²) in [5.74, 6) is -3.35. The largest absolute Gasteiger partial charge is 0.478 e. The normalized spacial score (nSPS) is 11.1. The van der Waals surface area contributed by atoms with Crippen molar-refractivity contribution in [3.8, 4) is 0 Å². The standard InChI is InChI=1S/C57H110O6.C4H4O4.Na/c1-4-7-10-13-16-19-22-25-28-31-34-37-40-43-46-49-55(58)61-52-54(63-57(60)51-48-45-42-39-36-33-30-27-24-21-18-15-12-9-6-3)53-62-56(59)50-47-44-41-38-35-32-29-26-23-20-17-14-11-8-5-2;5-3(6)1-2-4(7)8;/h54H,4-53H2,1-3H3;1-2H,(H,5,6)(H,7,8);/b;2-1+;. The predicted molar refractivity (Wildman–Crippen MR) is 301 cm³/mol. The minimum atomic E-state index is -1.26. The number of hydrogen-bond donors (Lipinski definition) is 2. The smallest absolute Gasteiger partial charge is 0.328 e. The number of ether oxygens (including phenoxy) is 3. The van der Waals surface area contributed by atoms with Crippen molar-refractivity contribution in [2.45, 2.75) is 335 Å². The first kappa shape index (κ1) is 74.3. The van der Waals surface area contributed by atoms with Gasteiger partial charge in [0.05, 0.1) is 0 Å². The second-order valence-corrected chi connectivity index (χ2v) is 20.6. The molecule has 1 radical (unpaired) electrons. The Morgan fingerprint density at radius 3 is 0.681 bits per heavy atom. The van der Waals surface area contributed by atoms with Crippen LogP contribution in [0.25, 0.3) is 0 Å². The fraction of sp³-hybridized carbons (Fsp3) is 0.885. The number of esters is 3. The van der Waals surface area contributed by atoms with E-state index in [1.807, 2.05) is 0 Å². The Balaban J connectivity index is -0.00000483. The van der Waals surface area contributed by atoms with Gasteiger partial charge in [-0.25, -0.2) is 9.59 Å². The molecule has 0 aliphatic carbocycles. The molecule has 0 amide bonds. The summed E-state index contributed by atoms with van der Waals surface area (Å²) < 4.78 is 16.9. The van der Waals surface area contributed by atoms with E-state index in [1.165, 1.54) is 231 Å². The molecule has 0 aliphatic heterocycles. The van der Waals surface area contributed by atoms with E-state index in [-0.39, 0.29) is 60.7 Å². The fourth-order valence-electron chi connectivity index (χ4n) is 8.94. The summed E-state index contributed by atoms with van der Waals surface area (Å²) in [6.45, 7) is 6.71. The van der Waals surface area contributed by atoms with E-state index in [2.05, 4.69) is 20.8 Å². The monoisotopic (exact) mass is 1030 g/mol. The second kappa shape index (κ2) is 63.4. The van der Waals surface area contributed by atoms with Crippen molar-refractivity contribution in [1.29, 1.82) is 0 Å². The average molecular weight is 1030 g/mol. The molecule has 419 valence electrons. The Kier molecular flexibility index (Phi) is 65.4. The van der Waals surface area contributed by atoms with E-state index in [4.69, 9.17) is 24.4 Å². The first-order valence-electron chi connectivity index (χ1n) is 30.3. The van der Waals surface area contributed by atoms with Gasteiger partial charge in [-0.15, -0.1) is 0 Å². The van der Waals surface area contributed by atoms with Crippen LogP contribution in [0.1, 0.15) is 329 Å². The second-order valence-electron chi connectivity index (χ2n) is 20.6. The Bertz CT molecular complexity index is 1140. The molecule has 72 heavy (non-hydrogen) atoms. The van der Waals surface area contributed by atoms with E-state index < -0.39 is 18.0 Å². The number of carboxylic acid groups (broad SMARTS) is 2. The van der Waals surface area contributed by atoms with E-state index in [9.17, 15) is 24.0 Å². The summed E-state index contributed by atoms with van der Waals surface area (Å²) in [5.41, 5.74) is 0. The third kappa shape index (κ3) is 66.1. The van der Waals surface area contributed by atoms with Crippen LogP contribution in [0, 0.1) is 0 Å².